The minimum atomic E-state index is 0.608. The van der Waals surface area contributed by atoms with Crippen LogP contribution in [0.5, 0.6) is 0 Å². The van der Waals surface area contributed by atoms with E-state index in [0.29, 0.717) is 6.61 Å². The van der Waals surface area contributed by atoms with Crippen molar-refractivity contribution in [3.8, 4) is 0 Å². The van der Waals surface area contributed by atoms with Crippen molar-refractivity contribution in [2.24, 2.45) is 0 Å². The van der Waals surface area contributed by atoms with Crippen LogP contribution in [0.1, 0.15) is 63.4 Å². The van der Waals surface area contributed by atoms with Crippen molar-refractivity contribution in [1.82, 2.24) is 5.32 Å². The number of unbranched alkanes of at least 4 members (excludes halogenated alkanes) is 4. The van der Waals surface area contributed by atoms with Crippen molar-refractivity contribution in [3.05, 3.63) is 23.7 Å². The lowest BCUT2D eigenvalue weighted by Crippen LogP contribution is -2.14. The van der Waals surface area contributed by atoms with Crippen LogP contribution in [0.2, 0.25) is 0 Å². The van der Waals surface area contributed by atoms with Crippen molar-refractivity contribution in [1.29, 1.82) is 0 Å². The normalized spacial score (nSPS) is 15.0. The fourth-order valence-electron chi connectivity index (χ4n) is 2.11. The maximum atomic E-state index is 5.72. The Balaban J connectivity index is 1.50. The van der Waals surface area contributed by atoms with Crippen LogP contribution < -0.4 is 5.32 Å². The summed E-state index contributed by atoms with van der Waals surface area (Å²) in [6, 6.07) is 4.81. The van der Waals surface area contributed by atoms with Crippen molar-refractivity contribution in [3.63, 3.8) is 0 Å². The Morgan fingerprint density at radius 2 is 1.95 bits per heavy atom. The third-order valence-electron chi connectivity index (χ3n) is 3.50. The summed E-state index contributed by atoms with van der Waals surface area (Å²) in [5, 5.41) is 3.45. The van der Waals surface area contributed by atoms with Crippen molar-refractivity contribution in [2.75, 3.05) is 6.61 Å². The van der Waals surface area contributed by atoms with Gasteiger partial charge in [-0.05, 0) is 31.4 Å². The van der Waals surface area contributed by atoms with Gasteiger partial charge in [0.15, 0.2) is 0 Å². The monoisotopic (exact) mass is 265 g/mol. The highest BCUT2D eigenvalue weighted by atomic mass is 16.5. The molecule has 1 fully saturated rings. The molecule has 1 saturated carbocycles. The molecule has 3 heteroatoms. The van der Waals surface area contributed by atoms with Gasteiger partial charge in [0.25, 0.3) is 0 Å². The van der Waals surface area contributed by atoms with Gasteiger partial charge in [0.05, 0.1) is 6.54 Å². The smallest absolute Gasteiger partial charge is 0.129 e. The Morgan fingerprint density at radius 1 is 1.16 bits per heavy atom. The molecule has 0 saturated heterocycles. The summed E-state index contributed by atoms with van der Waals surface area (Å²) in [4.78, 5) is 0. The summed E-state index contributed by atoms with van der Waals surface area (Å²) in [5.41, 5.74) is 0. The van der Waals surface area contributed by atoms with E-state index in [1.54, 1.807) is 0 Å². The summed E-state index contributed by atoms with van der Waals surface area (Å²) in [6.07, 6.45) is 9.04. The zero-order chi connectivity index (χ0) is 13.3. The second-order valence-electron chi connectivity index (χ2n) is 5.49. The number of hydrogen-bond acceptors (Lipinski definition) is 3. The van der Waals surface area contributed by atoms with Crippen LogP contribution in [0.3, 0.4) is 0 Å². The maximum absolute atomic E-state index is 5.72. The zero-order valence-corrected chi connectivity index (χ0v) is 12.1. The van der Waals surface area contributed by atoms with Gasteiger partial charge in [0.1, 0.15) is 18.1 Å². The first-order valence-electron chi connectivity index (χ1n) is 7.77. The predicted octanol–water partition coefficient (Wildman–Crippen LogP) is 4.02. The number of rotatable bonds is 11. The lowest BCUT2D eigenvalue weighted by molar-refractivity contribution is 0.101. The predicted molar refractivity (Wildman–Crippen MR) is 77.0 cm³/mol. The summed E-state index contributed by atoms with van der Waals surface area (Å²) in [7, 11) is 0. The molecule has 0 amide bonds. The van der Waals surface area contributed by atoms with E-state index in [2.05, 4.69) is 18.3 Å². The van der Waals surface area contributed by atoms with E-state index in [-0.39, 0.29) is 0 Å². The molecular weight excluding hydrogens is 238 g/mol. The SMILES string of the molecule is CCCCCCCOCc1ccc(CNC2CC2)o1. The van der Waals surface area contributed by atoms with Gasteiger partial charge in [-0.1, -0.05) is 32.6 Å². The Bertz CT molecular complexity index is 344. The number of nitrogens with one attached hydrogen (secondary N) is 1. The van der Waals surface area contributed by atoms with Crippen LogP contribution in [-0.2, 0) is 17.9 Å². The molecule has 108 valence electrons. The Hall–Kier alpha value is -0.800. The standard InChI is InChI=1S/C16H27NO2/c1-2-3-4-5-6-11-18-13-16-10-9-15(19-16)12-17-14-7-8-14/h9-10,14,17H,2-8,11-13H2,1H3. The van der Waals surface area contributed by atoms with E-state index in [9.17, 15) is 0 Å². The summed E-state index contributed by atoms with van der Waals surface area (Å²) >= 11 is 0. The van der Waals surface area contributed by atoms with Crippen LogP contribution in [0, 0.1) is 0 Å². The van der Waals surface area contributed by atoms with Gasteiger partial charge >= 0.3 is 0 Å². The Morgan fingerprint density at radius 3 is 2.74 bits per heavy atom. The topological polar surface area (TPSA) is 34.4 Å². The second-order valence-corrected chi connectivity index (χ2v) is 5.49. The van der Waals surface area contributed by atoms with E-state index < -0.39 is 0 Å². The average molecular weight is 265 g/mol. The fraction of sp³-hybridized carbons (Fsp3) is 0.750. The number of hydrogen-bond donors (Lipinski definition) is 1. The van der Waals surface area contributed by atoms with Gasteiger partial charge in [0.2, 0.25) is 0 Å². The minimum Gasteiger partial charge on any atom is -0.462 e. The largest absolute Gasteiger partial charge is 0.462 e. The third kappa shape index (κ3) is 6.26. The first-order valence-corrected chi connectivity index (χ1v) is 7.77. The van der Waals surface area contributed by atoms with Gasteiger partial charge < -0.3 is 14.5 Å². The van der Waals surface area contributed by atoms with Gasteiger partial charge in [-0.15, -0.1) is 0 Å². The van der Waals surface area contributed by atoms with Crippen molar-refractivity contribution < 1.29 is 9.15 Å². The molecular formula is C16H27NO2. The first kappa shape index (κ1) is 14.6. The van der Waals surface area contributed by atoms with Crippen molar-refractivity contribution in [2.45, 2.75) is 71.1 Å². The molecule has 0 unspecified atom stereocenters. The van der Waals surface area contributed by atoms with E-state index in [0.717, 1.165) is 37.1 Å². The third-order valence-corrected chi connectivity index (χ3v) is 3.50. The molecule has 1 aliphatic carbocycles. The molecule has 2 rings (SSSR count). The molecule has 3 nitrogen and oxygen atoms in total. The van der Waals surface area contributed by atoms with E-state index in [4.69, 9.17) is 9.15 Å². The van der Waals surface area contributed by atoms with Crippen LogP contribution in [-0.4, -0.2) is 12.6 Å². The summed E-state index contributed by atoms with van der Waals surface area (Å²) in [6.45, 7) is 4.54. The molecule has 0 atom stereocenters. The highest BCUT2D eigenvalue weighted by molar-refractivity contribution is 5.06. The lowest BCUT2D eigenvalue weighted by atomic mass is 10.2. The Kier molecular flexibility index (Phi) is 6.45. The second kappa shape index (κ2) is 8.39. The van der Waals surface area contributed by atoms with E-state index in [1.165, 1.54) is 38.5 Å². The summed E-state index contributed by atoms with van der Waals surface area (Å²) < 4.78 is 11.4. The lowest BCUT2D eigenvalue weighted by Gasteiger charge is -2.02. The van der Waals surface area contributed by atoms with Crippen molar-refractivity contribution >= 4 is 0 Å². The molecule has 1 N–H and O–H groups in total. The van der Waals surface area contributed by atoms with Gasteiger partial charge in [0, 0.05) is 12.6 Å². The average Bonchev–Trinajstić information content (AvgIpc) is 3.15. The molecule has 0 spiro atoms. The van der Waals surface area contributed by atoms with Crippen LogP contribution in [0.15, 0.2) is 16.5 Å². The quantitative estimate of drug-likeness (QED) is 0.614. The number of furan rings is 1. The van der Waals surface area contributed by atoms with Gasteiger partial charge in [-0.25, -0.2) is 0 Å². The van der Waals surface area contributed by atoms with Gasteiger partial charge in [-0.3, -0.25) is 0 Å². The van der Waals surface area contributed by atoms with E-state index in [1.807, 2.05) is 6.07 Å². The molecule has 0 aromatic carbocycles. The van der Waals surface area contributed by atoms with Gasteiger partial charge in [-0.2, -0.15) is 0 Å². The number of ether oxygens (including phenoxy) is 1. The first-order chi connectivity index (χ1) is 9.38. The minimum absolute atomic E-state index is 0.608. The molecule has 1 aliphatic rings. The van der Waals surface area contributed by atoms with Crippen LogP contribution in [0.25, 0.3) is 0 Å². The molecule has 0 radical (unpaired) electrons. The van der Waals surface area contributed by atoms with E-state index >= 15 is 0 Å². The molecule has 0 bridgehead atoms. The molecule has 1 aromatic rings. The highest BCUT2D eigenvalue weighted by Gasteiger charge is 2.20. The fourth-order valence-corrected chi connectivity index (χ4v) is 2.11. The molecule has 1 aromatic heterocycles. The molecule has 19 heavy (non-hydrogen) atoms. The maximum Gasteiger partial charge on any atom is 0.129 e. The zero-order valence-electron chi connectivity index (χ0n) is 12.1. The summed E-state index contributed by atoms with van der Waals surface area (Å²) in [5.74, 6) is 1.97. The van der Waals surface area contributed by atoms with Crippen LogP contribution in [0.4, 0.5) is 0 Å². The highest BCUT2D eigenvalue weighted by Crippen LogP contribution is 2.19. The Labute approximate surface area is 116 Å². The molecule has 0 aliphatic heterocycles. The molecule has 1 heterocycles. The van der Waals surface area contributed by atoms with Crippen LogP contribution >= 0.6 is 0 Å².